The number of rotatable bonds is 3. The molecule has 1 fully saturated rings. The van der Waals surface area contributed by atoms with Crippen molar-refractivity contribution in [3.8, 4) is 0 Å². The van der Waals surface area contributed by atoms with Crippen LogP contribution >= 0.6 is 0 Å². The van der Waals surface area contributed by atoms with E-state index < -0.39 is 5.60 Å². The highest BCUT2D eigenvalue weighted by Crippen LogP contribution is 2.27. The lowest BCUT2D eigenvalue weighted by atomic mass is 9.91. The van der Waals surface area contributed by atoms with E-state index in [2.05, 4.69) is 0 Å². The van der Waals surface area contributed by atoms with Crippen LogP contribution in [0.5, 0.6) is 0 Å². The molecule has 0 aromatic heterocycles. The van der Waals surface area contributed by atoms with Crippen molar-refractivity contribution in [2.75, 3.05) is 13.7 Å². The van der Waals surface area contributed by atoms with Gasteiger partial charge in [-0.25, -0.2) is 4.79 Å². The first-order chi connectivity index (χ1) is 9.30. The fraction of sp³-hybridized carbons (Fsp3) is 0.857. The summed E-state index contributed by atoms with van der Waals surface area (Å²) < 4.78 is 10.4. The molecule has 1 aliphatic heterocycles. The molecule has 0 bridgehead atoms. The van der Waals surface area contributed by atoms with E-state index in [-0.39, 0.29) is 24.0 Å². The third-order valence-electron chi connectivity index (χ3n) is 3.59. The molecule has 0 aliphatic carbocycles. The van der Waals surface area contributed by atoms with Crippen LogP contribution in [0.15, 0.2) is 0 Å². The molecule has 0 aromatic rings. The van der Waals surface area contributed by atoms with Gasteiger partial charge in [0.05, 0.1) is 13.0 Å². The SMILES string of the molecule is COC(=O)[C@H]([CH2][AlH2])C1CCCCN1C(=O)OC(C)(C)C. The molecule has 0 spiro atoms. The van der Waals surface area contributed by atoms with Crippen LogP contribution in [0.25, 0.3) is 0 Å². The highest BCUT2D eigenvalue weighted by atomic mass is 27.0. The van der Waals surface area contributed by atoms with Crippen molar-refractivity contribution >= 4 is 28.4 Å². The zero-order valence-corrected chi connectivity index (χ0v) is 15.3. The molecule has 114 valence electrons. The number of amides is 1. The summed E-state index contributed by atoms with van der Waals surface area (Å²) >= 11 is 0.908. The third kappa shape index (κ3) is 4.68. The molecular formula is C14H26AlNO4. The molecule has 1 rings (SSSR count). The lowest BCUT2D eigenvalue weighted by Crippen LogP contribution is -2.51. The summed E-state index contributed by atoms with van der Waals surface area (Å²) in [6.45, 7) is 6.23. The summed E-state index contributed by atoms with van der Waals surface area (Å²) in [7, 11) is 1.41. The summed E-state index contributed by atoms with van der Waals surface area (Å²) in [5.41, 5.74) is -0.513. The van der Waals surface area contributed by atoms with Crippen LogP contribution in [0.2, 0.25) is 5.28 Å². The molecule has 20 heavy (non-hydrogen) atoms. The Labute approximate surface area is 129 Å². The normalized spacial score (nSPS) is 21.2. The highest BCUT2D eigenvalue weighted by Gasteiger charge is 2.37. The van der Waals surface area contributed by atoms with Crippen LogP contribution in [-0.4, -0.2) is 58.6 Å². The maximum absolute atomic E-state index is 12.3. The first kappa shape index (κ1) is 17.3. The average Bonchev–Trinajstić information content (AvgIpc) is 2.37. The van der Waals surface area contributed by atoms with Gasteiger partial charge in [-0.15, -0.1) is 0 Å². The van der Waals surface area contributed by atoms with Crippen molar-refractivity contribution in [1.29, 1.82) is 0 Å². The van der Waals surface area contributed by atoms with Gasteiger partial charge in [0.25, 0.3) is 0 Å². The minimum absolute atomic E-state index is 0.0800. The summed E-state index contributed by atoms with van der Waals surface area (Å²) in [6.07, 6.45) is 2.54. The van der Waals surface area contributed by atoms with Gasteiger partial charge in [-0.1, -0.05) is 5.28 Å². The van der Waals surface area contributed by atoms with Gasteiger partial charge in [-0.3, -0.25) is 4.79 Å². The molecule has 1 heterocycles. The Morgan fingerprint density at radius 3 is 2.50 bits per heavy atom. The van der Waals surface area contributed by atoms with Gasteiger partial charge in [-0.05, 0) is 40.0 Å². The smallest absolute Gasteiger partial charge is 0.410 e. The van der Waals surface area contributed by atoms with Crippen molar-refractivity contribution in [3.63, 3.8) is 0 Å². The molecule has 1 unspecified atom stereocenters. The van der Waals surface area contributed by atoms with Gasteiger partial charge in [0.15, 0.2) is 0 Å². The maximum Gasteiger partial charge on any atom is 0.410 e. The molecule has 6 heteroatoms. The lowest BCUT2D eigenvalue weighted by Gasteiger charge is -2.39. The summed E-state index contributed by atoms with van der Waals surface area (Å²) in [5, 5.41) is 0.802. The number of carbonyl (C=O) groups excluding carboxylic acids is 2. The minimum Gasteiger partial charge on any atom is -0.469 e. The molecular weight excluding hydrogens is 273 g/mol. The second-order valence-corrected chi connectivity index (χ2v) is 7.09. The van der Waals surface area contributed by atoms with Crippen molar-refractivity contribution in [3.05, 3.63) is 0 Å². The second kappa shape index (κ2) is 7.33. The fourth-order valence-corrected chi connectivity index (χ4v) is 3.55. The van der Waals surface area contributed by atoms with Gasteiger partial charge in [0.2, 0.25) is 16.3 Å². The van der Waals surface area contributed by atoms with E-state index >= 15 is 0 Å². The largest absolute Gasteiger partial charge is 0.469 e. The lowest BCUT2D eigenvalue weighted by molar-refractivity contribution is -0.147. The van der Waals surface area contributed by atoms with Crippen molar-refractivity contribution in [2.45, 2.75) is 57.0 Å². The fourth-order valence-electron chi connectivity index (χ4n) is 2.67. The maximum atomic E-state index is 12.3. The van der Waals surface area contributed by atoms with Gasteiger partial charge >= 0.3 is 12.1 Å². The third-order valence-corrected chi connectivity index (χ3v) is 4.47. The summed E-state index contributed by atoms with van der Waals surface area (Å²) in [4.78, 5) is 26.0. The van der Waals surface area contributed by atoms with Crippen LogP contribution in [0.1, 0.15) is 40.0 Å². The number of likely N-dealkylation sites (tertiary alicyclic amines) is 1. The predicted octanol–water partition coefficient (Wildman–Crippen LogP) is 1.62. The number of esters is 1. The number of piperidine rings is 1. The Morgan fingerprint density at radius 2 is 2.00 bits per heavy atom. The van der Waals surface area contributed by atoms with Gasteiger partial charge in [0, 0.05) is 12.6 Å². The number of ether oxygens (including phenoxy) is 2. The van der Waals surface area contributed by atoms with Crippen molar-refractivity contribution < 1.29 is 19.1 Å². The molecule has 0 saturated carbocycles. The number of hydrogen-bond acceptors (Lipinski definition) is 4. The topological polar surface area (TPSA) is 55.8 Å². The Morgan fingerprint density at radius 1 is 1.35 bits per heavy atom. The average molecular weight is 299 g/mol. The van der Waals surface area contributed by atoms with E-state index in [1.807, 2.05) is 20.8 Å². The van der Waals surface area contributed by atoms with Gasteiger partial charge < -0.3 is 14.4 Å². The standard InChI is InChI=1S/C14H24NO4.Al.2H/c1-10(12(16)18-5)11-8-6-7-9-15(11)13(17)19-14(2,3)4;;;/h10-11H,1,6-9H2,2-5H3;;;/t10-,11?;;;/m1.../s1. The Bertz CT molecular complexity index is 354. The van der Waals surface area contributed by atoms with Crippen molar-refractivity contribution in [2.24, 2.45) is 5.92 Å². The van der Waals surface area contributed by atoms with Crippen LogP contribution in [0.4, 0.5) is 4.79 Å². The Kier molecular flexibility index (Phi) is 6.35. The van der Waals surface area contributed by atoms with Gasteiger partial charge in [-0.2, -0.15) is 0 Å². The summed E-state index contributed by atoms with van der Waals surface area (Å²) in [5.74, 6) is -0.417. The summed E-state index contributed by atoms with van der Waals surface area (Å²) in [6, 6.07) is -0.0800. The van der Waals surface area contributed by atoms with E-state index in [4.69, 9.17) is 9.47 Å². The predicted molar refractivity (Wildman–Crippen MR) is 79.4 cm³/mol. The van der Waals surface area contributed by atoms with Crippen LogP contribution in [-0.2, 0) is 14.3 Å². The first-order valence-corrected chi connectivity index (χ1v) is 8.79. The monoisotopic (exact) mass is 299 g/mol. The molecule has 0 N–H and O–H groups in total. The van der Waals surface area contributed by atoms with E-state index in [1.54, 1.807) is 4.90 Å². The van der Waals surface area contributed by atoms with Crippen LogP contribution in [0.3, 0.4) is 0 Å². The number of nitrogens with zero attached hydrogens (tertiary/aromatic N) is 1. The van der Waals surface area contributed by atoms with E-state index in [0.717, 1.165) is 40.8 Å². The second-order valence-electron chi connectivity index (χ2n) is 6.27. The molecule has 2 atom stereocenters. The first-order valence-electron chi connectivity index (χ1n) is 7.37. The molecule has 5 nitrogen and oxygen atoms in total. The number of hydrogen-bond donors (Lipinski definition) is 0. The van der Waals surface area contributed by atoms with E-state index in [1.165, 1.54) is 7.11 Å². The van der Waals surface area contributed by atoms with E-state index in [9.17, 15) is 9.59 Å². The number of carbonyl (C=O) groups is 2. The highest BCUT2D eigenvalue weighted by molar-refractivity contribution is 6.10. The van der Waals surface area contributed by atoms with Gasteiger partial charge in [0.1, 0.15) is 5.60 Å². The zero-order chi connectivity index (χ0) is 15.3. The molecule has 1 aliphatic rings. The van der Waals surface area contributed by atoms with Crippen LogP contribution in [0, 0.1) is 5.92 Å². The molecule has 1 saturated heterocycles. The quantitative estimate of drug-likeness (QED) is 0.587. The van der Waals surface area contributed by atoms with E-state index in [0.29, 0.717) is 6.54 Å². The molecule has 1 amide bonds. The number of methoxy groups -OCH3 is 1. The molecule has 0 aromatic carbocycles. The van der Waals surface area contributed by atoms with Crippen LogP contribution < -0.4 is 0 Å². The molecule has 0 radical (unpaired) electrons. The Hall–Kier alpha value is -0.728. The Balaban J connectivity index is 2.85. The minimum atomic E-state index is -0.513. The zero-order valence-electron chi connectivity index (χ0n) is 13.3. The van der Waals surface area contributed by atoms with Crippen molar-refractivity contribution in [1.82, 2.24) is 4.90 Å².